The number of aliphatic hydroxyl groups is 1. The number of oxazole rings is 1. The number of nitrogens with zero attached hydrogens (tertiary/aromatic N) is 5. The average molecular weight is 406 g/mol. The van der Waals surface area contributed by atoms with Crippen LogP contribution in [-0.4, -0.2) is 107 Å². The van der Waals surface area contributed by atoms with E-state index in [1.165, 1.54) is 31.9 Å². The smallest absolute Gasteiger partial charge is 0.275 e. The van der Waals surface area contributed by atoms with E-state index in [1.807, 2.05) is 11.8 Å². The Morgan fingerprint density at radius 3 is 2.41 bits per heavy atom. The van der Waals surface area contributed by atoms with Gasteiger partial charge in [-0.15, -0.1) is 0 Å². The topological polar surface area (TPSA) is 76.3 Å². The highest BCUT2D eigenvalue weighted by Gasteiger charge is 2.29. The van der Waals surface area contributed by atoms with E-state index in [1.54, 1.807) is 0 Å². The number of piperazine rings is 2. The lowest BCUT2D eigenvalue weighted by Gasteiger charge is -2.37. The van der Waals surface area contributed by atoms with Crippen molar-refractivity contribution in [2.45, 2.75) is 51.3 Å². The predicted molar refractivity (Wildman–Crippen MR) is 110 cm³/mol. The molecule has 1 aromatic heterocycles. The molecule has 0 unspecified atom stereocenters. The Hall–Kier alpha value is -1.48. The largest absolute Gasteiger partial charge is 0.447 e. The second kappa shape index (κ2) is 9.55. The van der Waals surface area contributed by atoms with Crippen molar-refractivity contribution in [1.29, 1.82) is 0 Å². The fourth-order valence-electron chi connectivity index (χ4n) is 4.90. The quantitative estimate of drug-likeness (QED) is 0.753. The molecule has 29 heavy (non-hydrogen) atoms. The number of aliphatic hydroxyl groups excluding tert-OH is 1. The molecular formula is C21H35N5O3. The minimum Gasteiger partial charge on any atom is -0.447 e. The lowest BCUT2D eigenvalue weighted by atomic mass is 10.2. The maximum absolute atomic E-state index is 12.8. The van der Waals surface area contributed by atoms with Crippen LogP contribution in [0.25, 0.3) is 0 Å². The number of amides is 1. The molecule has 1 atom stereocenters. The summed E-state index contributed by atoms with van der Waals surface area (Å²) in [4.78, 5) is 26.3. The molecule has 1 aromatic rings. The third-order valence-electron chi connectivity index (χ3n) is 6.56. The van der Waals surface area contributed by atoms with Gasteiger partial charge in [0, 0.05) is 64.9 Å². The van der Waals surface area contributed by atoms with Crippen molar-refractivity contribution in [3.63, 3.8) is 0 Å². The second-order valence-corrected chi connectivity index (χ2v) is 8.82. The van der Waals surface area contributed by atoms with Gasteiger partial charge >= 0.3 is 0 Å². The van der Waals surface area contributed by atoms with Crippen LogP contribution in [0.15, 0.2) is 10.7 Å². The summed E-state index contributed by atoms with van der Waals surface area (Å²) >= 11 is 0. The van der Waals surface area contributed by atoms with E-state index in [2.05, 4.69) is 19.7 Å². The average Bonchev–Trinajstić information content (AvgIpc) is 3.41. The molecule has 3 fully saturated rings. The summed E-state index contributed by atoms with van der Waals surface area (Å²) in [6.45, 7) is 10.4. The van der Waals surface area contributed by atoms with E-state index < -0.39 is 0 Å². The molecule has 3 aliphatic rings. The van der Waals surface area contributed by atoms with Gasteiger partial charge in [0.2, 0.25) is 5.89 Å². The Balaban J connectivity index is 1.23. The molecule has 0 radical (unpaired) electrons. The first-order valence-electron chi connectivity index (χ1n) is 11.2. The van der Waals surface area contributed by atoms with Crippen LogP contribution in [0.3, 0.4) is 0 Å². The van der Waals surface area contributed by atoms with Crippen LogP contribution in [-0.2, 0) is 6.54 Å². The third kappa shape index (κ3) is 5.36. The first kappa shape index (κ1) is 20.8. The first-order valence-corrected chi connectivity index (χ1v) is 11.2. The lowest BCUT2D eigenvalue weighted by molar-refractivity contribution is 0.0568. The summed E-state index contributed by atoms with van der Waals surface area (Å²) in [6.07, 6.45) is 6.55. The Kier molecular flexibility index (Phi) is 6.85. The van der Waals surface area contributed by atoms with Crippen molar-refractivity contribution >= 4 is 5.91 Å². The van der Waals surface area contributed by atoms with Crippen LogP contribution in [0.2, 0.25) is 0 Å². The van der Waals surface area contributed by atoms with E-state index in [4.69, 9.17) is 4.42 Å². The minimum atomic E-state index is -0.290. The van der Waals surface area contributed by atoms with Crippen molar-refractivity contribution in [2.24, 2.45) is 0 Å². The molecule has 8 nitrogen and oxygen atoms in total. The highest BCUT2D eigenvalue weighted by atomic mass is 16.3. The van der Waals surface area contributed by atoms with Gasteiger partial charge in [0.15, 0.2) is 5.69 Å². The zero-order chi connectivity index (χ0) is 20.2. The Bertz CT molecular complexity index is 657. The van der Waals surface area contributed by atoms with E-state index in [9.17, 15) is 9.90 Å². The highest BCUT2D eigenvalue weighted by Crippen LogP contribution is 2.24. The number of hydrogen-bond acceptors (Lipinski definition) is 7. The second-order valence-electron chi connectivity index (χ2n) is 8.82. The Morgan fingerprint density at radius 2 is 1.76 bits per heavy atom. The molecule has 162 valence electrons. The summed E-state index contributed by atoms with van der Waals surface area (Å²) in [5.41, 5.74) is 0.432. The van der Waals surface area contributed by atoms with Crippen molar-refractivity contribution < 1.29 is 14.3 Å². The molecule has 0 spiro atoms. The molecular weight excluding hydrogens is 370 g/mol. The summed E-state index contributed by atoms with van der Waals surface area (Å²) in [5.74, 6) is 0.606. The molecule has 8 heteroatoms. The Labute approximate surface area is 173 Å². The molecule has 4 rings (SSSR count). The van der Waals surface area contributed by atoms with Gasteiger partial charge < -0.3 is 14.4 Å². The molecule has 1 saturated carbocycles. The predicted octanol–water partition coefficient (Wildman–Crippen LogP) is 0.873. The van der Waals surface area contributed by atoms with Gasteiger partial charge in [0.1, 0.15) is 6.26 Å². The third-order valence-corrected chi connectivity index (χ3v) is 6.56. The van der Waals surface area contributed by atoms with E-state index in [0.717, 1.165) is 64.9 Å². The zero-order valence-electron chi connectivity index (χ0n) is 17.6. The molecule has 1 N–H and O–H groups in total. The number of carbonyl (C=O) groups is 1. The minimum absolute atomic E-state index is 0.00664. The summed E-state index contributed by atoms with van der Waals surface area (Å²) < 4.78 is 5.61. The maximum Gasteiger partial charge on any atom is 0.275 e. The number of β-amino-alcohol motifs (C(OH)–C–C–N with tert-alkyl or cyclic N) is 1. The molecule has 1 amide bonds. The summed E-state index contributed by atoms with van der Waals surface area (Å²) in [6, 6.07) is 0.729. The van der Waals surface area contributed by atoms with E-state index in [0.29, 0.717) is 18.1 Å². The van der Waals surface area contributed by atoms with Gasteiger partial charge in [-0.3, -0.25) is 19.5 Å². The van der Waals surface area contributed by atoms with Gasteiger partial charge in [-0.25, -0.2) is 4.98 Å². The van der Waals surface area contributed by atoms with Crippen molar-refractivity contribution in [2.75, 3.05) is 58.9 Å². The molecule has 1 aliphatic carbocycles. The fourth-order valence-corrected chi connectivity index (χ4v) is 4.90. The van der Waals surface area contributed by atoms with Crippen molar-refractivity contribution in [1.82, 2.24) is 24.6 Å². The van der Waals surface area contributed by atoms with Gasteiger partial charge in [0.05, 0.1) is 12.6 Å². The van der Waals surface area contributed by atoms with Crippen LogP contribution in [0.1, 0.15) is 49.0 Å². The van der Waals surface area contributed by atoms with Gasteiger partial charge in [-0.05, 0) is 19.8 Å². The first-order chi connectivity index (χ1) is 14.1. The molecule has 0 aromatic carbocycles. The number of hydrogen-bond donors (Lipinski definition) is 1. The monoisotopic (exact) mass is 405 g/mol. The SMILES string of the molecule is C[C@H](O)CN1CCN(Cc2nc(C(=O)N3CCN(C4CCCC4)CC3)co2)CC1. The van der Waals surface area contributed by atoms with Crippen LogP contribution >= 0.6 is 0 Å². The van der Waals surface area contributed by atoms with Gasteiger partial charge in [-0.2, -0.15) is 0 Å². The lowest BCUT2D eigenvalue weighted by Crippen LogP contribution is -2.51. The molecule has 0 bridgehead atoms. The summed E-state index contributed by atoms with van der Waals surface area (Å²) in [7, 11) is 0. The summed E-state index contributed by atoms with van der Waals surface area (Å²) in [5, 5.41) is 9.52. The fraction of sp³-hybridized carbons (Fsp3) is 0.810. The number of rotatable bonds is 6. The van der Waals surface area contributed by atoms with Crippen molar-refractivity contribution in [3.8, 4) is 0 Å². The normalized spacial score (nSPS) is 24.3. The number of carbonyl (C=O) groups excluding carboxylic acids is 1. The molecule has 2 saturated heterocycles. The molecule has 3 heterocycles. The number of aromatic nitrogens is 1. The van der Waals surface area contributed by atoms with Crippen LogP contribution < -0.4 is 0 Å². The standard InChI is InChI=1S/C21H35N5O3/c1-17(27)14-23-6-8-24(9-7-23)15-20-22-19(16-29-20)21(28)26-12-10-25(11-13-26)18-4-2-3-5-18/h16-18,27H,2-15H2,1H3/t17-/m0/s1. The highest BCUT2D eigenvalue weighted by molar-refractivity contribution is 5.92. The van der Waals surface area contributed by atoms with Gasteiger partial charge in [-0.1, -0.05) is 12.8 Å². The van der Waals surface area contributed by atoms with Crippen molar-refractivity contribution in [3.05, 3.63) is 17.8 Å². The van der Waals surface area contributed by atoms with Crippen LogP contribution in [0, 0.1) is 0 Å². The Morgan fingerprint density at radius 1 is 1.10 bits per heavy atom. The maximum atomic E-state index is 12.8. The van der Waals surface area contributed by atoms with E-state index >= 15 is 0 Å². The van der Waals surface area contributed by atoms with Crippen LogP contribution in [0.5, 0.6) is 0 Å². The van der Waals surface area contributed by atoms with Crippen LogP contribution in [0.4, 0.5) is 0 Å². The van der Waals surface area contributed by atoms with Gasteiger partial charge in [0.25, 0.3) is 5.91 Å². The van der Waals surface area contributed by atoms with E-state index in [-0.39, 0.29) is 12.0 Å². The zero-order valence-corrected chi connectivity index (χ0v) is 17.6. The molecule has 2 aliphatic heterocycles.